The molecule has 168 valence electrons. The molecule has 0 aliphatic heterocycles. The van der Waals surface area contributed by atoms with Crippen LogP contribution in [0.15, 0.2) is 18.2 Å². The molecule has 0 fully saturated rings. The van der Waals surface area contributed by atoms with Gasteiger partial charge in [-0.15, -0.1) is 0 Å². The van der Waals surface area contributed by atoms with E-state index in [2.05, 4.69) is 11.8 Å². The first-order valence-corrected chi connectivity index (χ1v) is 10.5. The highest BCUT2D eigenvalue weighted by atomic mass is 16.5. The lowest BCUT2D eigenvalue weighted by Gasteiger charge is -2.25. The monoisotopic (exact) mass is 419 g/mol. The summed E-state index contributed by atoms with van der Waals surface area (Å²) >= 11 is 0. The zero-order chi connectivity index (χ0) is 22.6. The normalized spacial score (nSPS) is 13.0. The number of rotatable bonds is 10. The fourth-order valence-corrected chi connectivity index (χ4v) is 3.15. The zero-order valence-electron chi connectivity index (χ0n) is 19.9. The Bertz CT molecular complexity index is 856. The summed E-state index contributed by atoms with van der Waals surface area (Å²) in [6, 6.07) is 5.73. The molecule has 1 aromatic carbocycles. The molecule has 1 atom stereocenters. The number of nitrogens with zero attached hydrogens (tertiary/aromatic N) is 3. The van der Waals surface area contributed by atoms with Gasteiger partial charge in [-0.25, -0.2) is 4.79 Å². The summed E-state index contributed by atoms with van der Waals surface area (Å²) in [5, 5.41) is 0.869. The molecule has 0 N–H and O–H groups in total. The van der Waals surface area contributed by atoms with Crippen LogP contribution in [0.4, 0.5) is 0 Å². The van der Waals surface area contributed by atoms with E-state index in [0.717, 1.165) is 10.9 Å². The Labute approximate surface area is 180 Å². The predicted octanol–water partition coefficient (Wildman–Crippen LogP) is 4.01. The number of esters is 1. The first-order chi connectivity index (χ1) is 14.0. The molecule has 0 aliphatic carbocycles. The van der Waals surface area contributed by atoms with Crippen molar-refractivity contribution in [3.8, 4) is 11.5 Å². The molecule has 0 saturated heterocycles. The molecule has 0 radical (unpaired) electrons. The summed E-state index contributed by atoms with van der Waals surface area (Å²) in [5.41, 5.74) is 1.38. The molecule has 1 heterocycles. The third-order valence-electron chi connectivity index (χ3n) is 4.73. The largest absolute Gasteiger partial charge is 0.491 e. The minimum absolute atomic E-state index is 0.00684. The Morgan fingerprint density at radius 3 is 2.13 bits per heavy atom. The summed E-state index contributed by atoms with van der Waals surface area (Å²) < 4.78 is 19.6. The number of hydrogen-bond acceptors (Lipinski definition) is 6. The maximum Gasteiger partial charge on any atom is 0.355 e. The van der Waals surface area contributed by atoms with Gasteiger partial charge in [-0.1, -0.05) is 0 Å². The molecule has 0 saturated carbocycles. The maximum atomic E-state index is 13.0. The SMILES string of the molecule is CC(C)Oc1cc(OC(C)C)c2cc(C(=O)OCCN(C)C)n(C(C)N(C)C)c2c1. The van der Waals surface area contributed by atoms with E-state index in [1.165, 1.54) is 0 Å². The molecule has 1 unspecified atom stereocenters. The van der Waals surface area contributed by atoms with Crippen molar-refractivity contribution in [2.75, 3.05) is 41.3 Å². The second kappa shape index (κ2) is 10.2. The zero-order valence-corrected chi connectivity index (χ0v) is 19.9. The van der Waals surface area contributed by atoms with Gasteiger partial charge in [0.1, 0.15) is 23.8 Å². The molecule has 0 spiro atoms. The Kier molecular flexibility index (Phi) is 8.15. The van der Waals surface area contributed by atoms with E-state index in [1.54, 1.807) is 0 Å². The van der Waals surface area contributed by atoms with Crippen molar-refractivity contribution >= 4 is 16.9 Å². The third-order valence-corrected chi connectivity index (χ3v) is 4.73. The van der Waals surface area contributed by atoms with Gasteiger partial charge in [0.05, 0.1) is 23.9 Å². The lowest BCUT2D eigenvalue weighted by atomic mass is 10.2. The average molecular weight is 420 g/mol. The number of fused-ring (bicyclic) bond motifs is 1. The van der Waals surface area contributed by atoms with Crippen LogP contribution < -0.4 is 9.47 Å². The number of ether oxygens (including phenoxy) is 3. The summed E-state index contributed by atoms with van der Waals surface area (Å²) in [6.45, 7) is 11.0. The van der Waals surface area contributed by atoms with Gasteiger partial charge in [0, 0.05) is 24.1 Å². The number of aromatic nitrogens is 1. The first kappa shape index (κ1) is 24.0. The van der Waals surface area contributed by atoms with Gasteiger partial charge in [-0.05, 0) is 68.9 Å². The highest BCUT2D eigenvalue weighted by molar-refractivity contribution is 5.98. The Hall–Kier alpha value is -2.25. The molecule has 0 bridgehead atoms. The van der Waals surface area contributed by atoms with Crippen LogP contribution in [0.5, 0.6) is 11.5 Å². The quantitative estimate of drug-likeness (QED) is 0.542. The number of hydrogen-bond donors (Lipinski definition) is 0. The highest BCUT2D eigenvalue weighted by Crippen LogP contribution is 2.37. The van der Waals surface area contributed by atoms with Crippen molar-refractivity contribution in [3.63, 3.8) is 0 Å². The van der Waals surface area contributed by atoms with Crippen LogP contribution >= 0.6 is 0 Å². The van der Waals surface area contributed by atoms with E-state index in [9.17, 15) is 4.79 Å². The molecular formula is C23H37N3O4. The van der Waals surface area contributed by atoms with Crippen LogP contribution in [-0.2, 0) is 4.74 Å². The molecular weight excluding hydrogens is 382 g/mol. The van der Waals surface area contributed by atoms with Crippen molar-refractivity contribution in [1.29, 1.82) is 0 Å². The molecule has 2 rings (SSSR count). The topological polar surface area (TPSA) is 56.2 Å². The molecule has 0 aliphatic rings. The van der Waals surface area contributed by atoms with Gasteiger partial charge in [-0.2, -0.15) is 0 Å². The van der Waals surface area contributed by atoms with Crippen molar-refractivity contribution in [2.45, 2.75) is 53.0 Å². The van der Waals surface area contributed by atoms with E-state index in [1.807, 2.05) is 83.6 Å². The lowest BCUT2D eigenvalue weighted by molar-refractivity contribution is 0.0461. The van der Waals surface area contributed by atoms with Gasteiger partial charge >= 0.3 is 5.97 Å². The van der Waals surface area contributed by atoms with E-state index < -0.39 is 0 Å². The van der Waals surface area contributed by atoms with Crippen LogP contribution in [0.1, 0.15) is 51.3 Å². The highest BCUT2D eigenvalue weighted by Gasteiger charge is 2.24. The summed E-state index contributed by atoms with van der Waals surface area (Å²) in [7, 11) is 7.87. The average Bonchev–Trinajstić information content (AvgIpc) is 2.99. The Morgan fingerprint density at radius 2 is 1.60 bits per heavy atom. The van der Waals surface area contributed by atoms with Crippen molar-refractivity contribution < 1.29 is 19.0 Å². The van der Waals surface area contributed by atoms with Crippen molar-refractivity contribution in [3.05, 3.63) is 23.9 Å². The van der Waals surface area contributed by atoms with Crippen LogP contribution in [0.2, 0.25) is 0 Å². The van der Waals surface area contributed by atoms with Gasteiger partial charge in [0.15, 0.2) is 0 Å². The second-order valence-corrected chi connectivity index (χ2v) is 8.62. The van der Waals surface area contributed by atoms with E-state index in [4.69, 9.17) is 14.2 Å². The summed E-state index contributed by atoms with van der Waals surface area (Å²) in [5.74, 6) is 1.07. The number of carbonyl (C=O) groups is 1. The van der Waals surface area contributed by atoms with Gasteiger partial charge in [-0.3, -0.25) is 4.90 Å². The first-order valence-electron chi connectivity index (χ1n) is 10.5. The number of benzene rings is 1. The molecule has 7 heteroatoms. The third kappa shape index (κ3) is 5.89. The van der Waals surface area contributed by atoms with E-state index >= 15 is 0 Å². The standard InChI is InChI=1S/C23H37N3O4/c1-15(2)29-18-12-20-19(22(13-18)30-16(3)4)14-21(26(20)17(5)25(8)9)23(27)28-11-10-24(6)7/h12-17H,10-11H2,1-9H3. The van der Waals surface area contributed by atoms with Crippen molar-refractivity contribution in [2.24, 2.45) is 0 Å². The predicted molar refractivity (Wildman–Crippen MR) is 121 cm³/mol. The summed E-state index contributed by atoms with van der Waals surface area (Å²) in [6.07, 6.45) is -0.0489. The molecule has 7 nitrogen and oxygen atoms in total. The fourth-order valence-electron chi connectivity index (χ4n) is 3.15. The molecule has 1 aromatic heterocycles. The fraction of sp³-hybridized carbons (Fsp3) is 0.609. The van der Waals surface area contributed by atoms with Crippen LogP contribution in [0.3, 0.4) is 0 Å². The smallest absolute Gasteiger partial charge is 0.355 e. The van der Waals surface area contributed by atoms with Gasteiger partial charge < -0.3 is 23.7 Å². The lowest BCUT2D eigenvalue weighted by Crippen LogP contribution is -2.27. The summed E-state index contributed by atoms with van der Waals surface area (Å²) in [4.78, 5) is 17.0. The van der Waals surface area contributed by atoms with E-state index in [0.29, 0.717) is 30.3 Å². The van der Waals surface area contributed by atoms with Crippen molar-refractivity contribution in [1.82, 2.24) is 14.4 Å². The van der Waals surface area contributed by atoms with Gasteiger partial charge in [0.25, 0.3) is 0 Å². The molecule has 0 amide bonds. The number of carbonyl (C=O) groups excluding carboxylic acids is 1. The second-order valence-electron chi connectivity index (χ2n) is 8.62. The molecule has 2 aromatic rings. The Balaban J connectivity index is 2.64. The Morgan fingerprint density at radius 1 is 0.967 bits per heavy atom. The minimum atomic E-state index is -0.344. The van der Waals surface area contributed by atoms with Crippen LogP contribution in [0, 0.1) is 0 Å². The van der Waals surface area contributed by atoms with Crippen LogP contribution in [-0.4, -0.2) is 73.9 Å². The maximum absolute atomic E-state index is 13.0. The van der Waals surface area contributed by atoms with E-state index in [-0.39, 0.29) is 24.3 Å². The van der Waals surface area contributed by atoms with Crippen LogP contribution in [0.25, 0.3) is 10.9 Å². The number of likely N-dealkylation sites (N-methyl/N-ethyl adjacent to an activating group) is 1. The van der Waals surface area contributed by atoms with Gasteiger partial charge in [0.2, 0.25) is 0 Å². The minimum Gasteiger partial charge on any atom is -0.491 e. The molecule has 30 heavy (non-hydrogen) atoms.